The molecule has 0 aromatic heterocycles. The molecule has 1 aliphatic rings. The van der Waals surface area contributed by atoms with Crippen molar-refractivity contribution in [3.63, 3.8) is 0 Å². The summed E-state index contributed by atoms with van der Waals surface area (Å²) in [6.07, 6.45) is 2.72. The highest BCUT2D eigenvalue weighted by Gasteiger charge is 2.69. The molecule has 2 atom stereocenters. The fourth-order valence-corrected chi connectivity index (χ4v) is 4.13. The SMILES string of the molecule is CCC1C(C)(C)C1(CC)C(C)C. The van der Waals surface area contributed by atoms with Gasteiger partial charge in [-0.15, -0.1) is 0 Å². The second-order valence-corrected chi connectivity index (χ2v) is 5.23. The predicted molar refractivity (Wildman–Crippen MR) is 55.1 cm³/mol. The molecule has 1 rings (SSSR count). The predicted octanol–water partition coefficient (Wildman–Crippen LogP) is 4.10. The van der Waals surface area contributed by atoms with Gasteiger partial charge in [0, 0.05) is 0 Å². The molecule has 1 saturated carbocycles. The first-order valence-corrected chi connectivity index (χ1v) is 5.45. The molecular weight excluding hydrogens is 144 g/mol. The van der Waals surface area contributed by atoms with Gasteiger partial charge in [-0.3, -0.25) is 0 Å². The Morgan fingerprint density at radius 1 is 1.17 bits per heavy atom. The van der Waals surface area contributed by atoms with Gasteiger partial charge in [0.15, 0.2) is 0 Å². The van der Waals surface area contributed by atoms with E-state index in [0.717, 1.165) is 11.8 Å². The zero-order valence-corrected chi connectivity index (χ0v) is 9.57. The number of hydrogen-bond acceptors (Lipinski definition) is 0. The Morgan fingerprint density at radius 2 is 1.67 bits per heavy atom. The highest BCUT2D eigenvalue weighted by Crippen LogP contribution is 2.75. The van der Waals surface area contributed by atoms with E-state index in [1.807, 2.05) is 0 Å². The van der Waals surface area contributed by atoms with Crippen molar-refractivity contribution in [1.82, 2.24) is 0 Å². The van der Waals surface area contributed by atoms with Gasteiger partial charge >= 0.3 is 0 Å². The highest BCUT2D eigenvalue weighted by atomic mass is 14.7. The van der Waals surface area contributed by atoms with E-state index in [2.05, 4.69) is 41.5 Å². The van der Waals surface area contributed by atoms with Gasteiger partial charge in [-0.1, -0.05) is 48.0 Å². The van der Waals surface area contributed by atoms with Crippen LogP contribution < -0.4 is 0 Å². The smallest absolute Gasteiger partial charge is 0.0189 e. The van der Waals surface area contributed by atoms with Gasteiger partial charge in [-0.05, 0) is 29.1 Å². The molecular formula is C12H24. The van der Waals surface area contributed by atoms with Gasteiger partial charge in [-0.2, -0.15) is 0 Å². The Kier molecular flexibility index (Phi) is 2.31. The molecule has 0 heterocycles. The average molecular weight is 168 g/mol. The van der Waals surface area contributed by atoms with Gasteiger partial charge in [0.1, 0.15) is 0 Å². The minimum atomic E-state index is 0.602. The molecule has 1 aliphatic carbocycles. The lowest BCUT2D eigenvalue weighted by atomic mass is 9.82. The van der Waals surface area contributed by atoms with Crippen LogP contribution in [0.5, 0.6) is 0 Å². The van der Waals surface area contributed by atoms with E-state index in [1.54, 1.807) is 0 Å². The van der Waals surface area contributed by atoms with Crippen LogP contribution in [0.2, 0.25) is 0 Å². The Hall–Kier alpha value is 0. The third-order valence-corrected chi connectivity index (χ3v) is 4.63. The van der Waals surface area contributed by atoms with Crippen LogP contribution in [0.3, 0.4) is 0 Å². The summed E-state index contributed by atoms with van der Waals surface area (Å²) < 4.78 is 0. The van der Waals surface area contributed by atoms with Crippen LogP contribution in [-0.2, 0) is 0 Å². The molecule has 0 N–H and O–H groups in total. The zero-order valence-electron chi connectivity index (χ0n) is 9.57. The van der Waals surface area contributed by atoms with Crippen LogP contribution in [0, 0.1) is 22.7 Å². The number of hydrogen-bond donors (Lipinski definition) is 0. The first-order chi connectivity index (χ1) is 5.45. The molecule has 0 aromatic rings. The van der Waals surface area contributed by atoms with Crippen molar-refractivity contribution in [2.24, 2.45) is 22.7 Å². The third kappa shape index (κ3) is 0.900. The Labute approximate surface area is 77.7 Å². The van der Waals surface area contributed by atoms with Gasteiger partial charge in [-0.25, -0.2) is 0 Å². The van der Waals surface area contributed by atoms with Crippen LogP contribution in [0.25, 0.3) is 0 Å². The second kappa shape index (κ2) is 2.75. The molecule has 0 bridgehead atoms. The summed E-state index contributed by atoms with van der Waals surface area (Å²) in [6.45, 7) is 14.4. The summed E-state index contributed by atoms with van der Waals surface area (Å²) >= 11 is 0. The summed E-state index contributed by atoms with van der Waals surface area (Å²) in [5.41, 5.74) is 1.26. The van der Waals surface area contributed by atoms with Crippen LogP contribution in [0.15, 0.2) is 0 Å². The Balaban J connectivity index is 2.85. The van der Waals surface area contributed by atoms with Crippen molar-refractivity contribution in [1.29, 1.82) is 0 Å². The van der Waals surface area contributed by atoms with E-state index < -0.39 is 0 Å². The van der Waals surface area contributed by atoms with Crippen LogP contribution in [0.1, 0.15) is 54.4 Å². The van der Waals surface area contributed by atoms with Gasteiger partial charge in [0.25, 0.3) is 0 Å². The van der Waals surface area contributed by atoms with E-state index in [-0.39, 0.29) is 0 Å². The molecule has 0 spiro atoms. The van der Waals surface area contributed by atoms with E-state index >= 15 is 0 Å². The molecule has 72 valence electrons. The third-order valence-electron chi connectivity index (χ3n) is 4.63. The van der Waals surface area contributed by atoms with E-state index in [1.165, 1.54) is 12.8 Å². The molecule has 2 unspecified atom stereocenters. The average Bonchev–Trinajstić information content (AvgIpc) is 2.47. The van der Waals surface area contributed by atoms with Crippen LogP contribution in [-0.4, -0.2) is 0 Å². The molecule has 0 nitrogen and oxygen atoms in total. The lowest BCUT2D eigenvalue weighted by Gasteiger charge is -2.23. The molecule has 1 fully saturated rings. The van der Waals surface area contributed by atoms with Crippen molar-refractivity contribution in [3.05, 3.63) is 0 Å². The summed E-state index contributed by atoms with van der Waals surface area (Å²) in [4.78, 5) is 0. The zero-order chi connectivity index (χ0) is 9.57. The highest BCUT2D eigenvalue weighted by molar-refractivity contribution is 5.16. The van der Waals surface area contributed by atoms with Crippen molar-refractivity contribution in [2.45, 2.75) is 54.4 Å². The lowest BCUT2D eigenvalue weighted by Crippen LogP contribution is -2.15. The van der Waals surface area contributed by atoms with Gasteiger partial charge in [0.2, 0.25) is 0 Å². The van der Waals surface area contributed by atoms with E-state index in [9.17, 15) is 0 Å². The second-order valence-electron chi connectivity index (χ2n) is 5.23. The maximum absolute atomic E-state index is 2.45. The van der Waals surface area contributed by atoms with Crippen molar-refractivity contribution >= 4 is 0 Å². The minimum absolute atomic E-state index is 0.602. The Morgan fingerprint density at radius 3 is 1.75 bits per heavy atom. The van der Waals surface area contributed by atoms with Gasteiger partial charge < -0.3 is 0 Å². The summed E-state index contributed by atoms with van der Waals surface area (Å²) in [5.74, 6) is 1.82. The lowest BCUT2D eigenvalue weighted by molar-refractivity contribution is 0.261. The molecule has 12 heavy (non-hydrogen) atoms. The summed E-state index contributed by atoms with van der Waals surface area (Å²) in [6, 6.07) is 0. The minimum Gasteiger partial charge on any atom is -0.0651 e. The normalized spacial score (nSPS) is 38.8. The summed E-state index contributed by atoms with van der Waals surface area (Å²) in [5, 5.41) is 0. The van der Waals surface area contributed by atoms with Crippen LogP contribution in [0.4, 0.5) is 0 Å². The number of rotatable bonds is 3. The summed E-state index contributed by atoms with van der Waals surface area (Å²) in [7, 11) is 0. The van der Waals surface area contributed by atoms with E-state index in [4.69, 9.17) is 0 Å². The maximum Gasteiger partial charge on any atom is -0.0189 e. The monoisotopic (exact) mass is 168 g/mol. The van der Waals surface area contributed by atoms with Crippen molar-refractivity contribution in [3.8, 4) is 0 Å². The molecule has 0 amide bonds. The first kappa shape index (κ1) is 10.1. The fourth-order valence-electron chi connectivity index (χ4n) is 4.13. The molecule has 0 aromatic carbocycles. The molecule has 0 aliphatic heterocycles. The molecule has 0 heteroatoms. The fraction of sp³-hybridized carbons (Fsp3) is 1.00. The largest absolute Gasteiger partial charge is 0.0651 e. The quantitative estimate of drug-likeness (QED) is 0.595. The van der Waals surface area contributed by atoms with Gasteiger partial charge in [0.05, 0.1) is 0 Å². The van der Waals surface area contributed by atoms with Crippen molar-refractivity contribution in [2.75, 3.05) is 0 Å². The Bertz CT molecular complexity index is 167. The first-order valence-electron chi connectivity index (χ1n) is 5.45. The standard InChI is InChI=1S/C12H24/c1-7-10-11(5,6)12(10,8-2)9(3)4/h9-10H,7-8H2,1-6H3. The topological polar surface area (TPSA) is 0 Å². The van der Waals surface area contributed by atoms with Crippen molar-refractivity contribution < 1.29 is 0 Å². The molecule has 0 saturated heterocycles. The maximum atomic E-state index is 2.45. The van der Waals surface area contributed by atoms with Crippen LogP contribution >= 0.6 is 0 Å². The molecule has 0 radical (unpaired) electrons. The van der Waals surface area contributed by atoms with E-state index in [0.29, 0.717) is 10.8 Å².